The monoisotopic (exact) mass is 460 g/mol. The first kappa shape index (κ1) is 26.2. The number of hydrogen-bond donors (Lipinski definition) is 2. The van der Waals surface area contributed by atoms with Gasteiger partial charge < -0.3 is 18.9 Å². The Kier molecular flexibility index (Phi) is 7.65. The van der Waals surface area contributed by atoms with Crippen LogP contribution < -0.4 is 33.7 Å². The molecule has 0 radical (unpaired) electrons. The molecule has 0 amide bonds. The molecule has 1 aromatic carbocycles. The second kappa shape index (κ2) is 9.06. The number of fused-ring (bicyclic) bond motifs is 1. The number of rotatable bonds is 5. The van der Waals surface area contributed by atoms with E-state index in [-0.39, 0.29) is 64.6 Å². The summed E-state index contributed by atoms with van der Waals surface area (Å²) in [5.74, 6) is -1.48. The zero-order valence-corrected chi connectivity index (χ0v) is 21.6. The van der Waals surface area contributed by atoms with E-state index >= 15 is 0 Å². The van der Waals surface area contributed by atoms with Crippen molar-refractivity contribution in [2.45, 2.75) is 59.8 Å². The zero-order valence-electron chi connectivity index (χ0n) is 18.8. The van der Waals surface area contributed by atoms with Crippen molar-refractivity contribution >= 4 is 16.7 Å². The van der Waals surface area contributed by atoms with Gasteiger partial charge in [-0.1, -0.05) is 38.8 Å². The molecule has 3 rings (SSSR count). The van der Waals surface area contributed by atoms with E-state index in [1.165, 1.54) is 6.07 Å². The average molecular weight is 461 g/mol. The third-order valence-corrected chi connectivity index (χ3v) is 7.74. The number of benzene rings is 1. The van der Waals surface area contributed by atoms with Crippen LogP contribution in [0.1, 0.15) is 69.3 Å². The molecule has 7 nitrogen and oxygen atoms in total. The number of phenolic OH excluding ortho intramolecular Hbond substituents is 2. The normalized spacial score (nSPS) is 27.5. The molecule has 0 heterocycles. The van der Waals surface area contributed by atoms with E-state index < -0.39 is 33.2 Å². The minimum Gasteiger partial charge on any atom is -0.716 e. The second-order valence-electron chi connectivity index (χ2n) is 9.60. The molecule has 2 N–H and O–H groups in total. The fraction of sp³-hybridized carbons (Fsp3) is 0.591. The van der Waals surface area contributed by atoms with Crippen LogP contribution in [0.3, 0.4) is 0 Å². The van der Waals surface area contributed by atoms with E-state index in [0.29, 0.717) is 5.92 Å². The summed E-state index contributed by atoms with van der Waals surface area (Å²) >= 11 is 0. The molecule has 0 bridgehead atoms. The van der Waals surface area contributed by atoms with Crippen molar-refractivity contribution in [1.29, 1.82) is 0 Å². The van der Waals surface area contributed by atoms with Gasteiger partial charge in [0.15, 0.2) is 23.5 Å². The van der Waals surface area contributed by atoms with Crippen molar-refractivity contribution in [2.24, 2.45) is 22.7 Å². The van der Waals surface area contributed by atoms with E-state index in [1.54, 1.807) is 0 Å². The molecule has 2 aliphatic carbocycles. The maximum Gasteiger partial charge on any atom is 1.00 e. The van der Waals surface area contributed by atoms with Crippen molar-refractivity contribution in [1.82, 2.24) is 0 Å². The predicted octanol–water partition coefficient (Wildman–Crippen LogP) is 1.09. The molecule has 31 heavy (non-hydrogen) atoms. The summed E-state index contributed by atoms with van der Waals surface area (Å²) in [4.78, 5) is 11.5. The largest absolute Gasteiger partial charge is 1.00 e. The molecule has 1 fully saturated rings. The van der Waals surface area contributed by atoms with Gasteiger partial charge >= 0.3 is 29.6 Å². The summed E-state index contributed by atoms with van der Waals surface area (Å²) < 4.78 is 38.5. The molecule has 1 aromatic rings. The third kappa shape index (κ3) is 4.98. The van der Waals surface area contributed by atoms with E-state index in [1.807, 2.05) is 6.92 Å². The SMILES string of the molecule is CC1=CC[C@H]2C(C)(C)CCC[C@]2(C)[C@H]1Cc1cc(O)c(O)c(C=O)c1OS(=O)(=O)[O-].[Na+]. The molecule has 0 aromatic heterocycles. The zero-order chi connectivity index (χ0) is 22.5. The van der Waals surface area contributed by atoms with Crippen molar-refractivity contribution in [3.63, 3.8) is 0 Å². The molecular formula is C22H29NaO7S. The Balaban J connectivity index is 0.00000341. The Hall–Kier alpha value is -1.06. The summed E-state index contributed by atoms with van der Waals surface area (Å²) in [6, 6.07) is 1.18. The second-order valence-corrected chi connectivity index (χ2v) is 10.6. The predicted molar refractivity (Wildman–Crippen MR) is 110 cm³/mol. The van der Waals surface area contributed by atoms with Gasteiger partial charge in [-0.05, 0) is 61.3 Å². The van der Waals surface area contributed by atoms with Gasteiger partial charge in [0.05, 0.1) is 0 Å². The summed E-state index contributed by atoms with van der Waals surface area (Å²) in [5.41, 5.74) is 0.860. The molecule has 3 atom stereocenters. The Labute approximate surface area is 206 Å². The van der Waals surface area contributed by atoms with Crippen LogP contribution in [-0.4, -0.2) is 29.5 Å². The fourth-order valence-corrected chi connectivity index (χ4v) is 6.33. The maximum atomic E-state index is 11.5. The van der Waals surface area contributed by atoms with Crippen molar-refractivity contribution in [2.75, 3.05) is 0 Å². The van der Waals surface area contributed by atoms with Gasteiger partial charge in [0.1, 0.15) is 5.56 Å². The Morgan fingerprint density at radius 1 is 1.26 bits per heavy atom. The minimum absolute atomic E-state index is 0. The van der Waals surface area contributed by atoms with Gasteiger partial charge in [0, 0.05) is 5.56 Å². The first-order valence-corrected chi connectivity index (χ1v) is 11.5. The van der Waals surface area contributed by atoms with Gasteiger partial charge in [-0.3, -0.25) is 4.79 Å². The van der Waals surface area contributed by atoms with Gasteiger partial charge in [-0.2, -0.15) is 0 Å². The van der Waals surface area contributed by atoms with Crippen molar-refractivity contribution in [3.8, 4) is 17.2 Å². The summed E-state index contributed by atoms with van der Waals surface area (Å²) in [7, 11) is -5.19. The number of hydrogen-bond acceptors (Lipinski definition) is 7. The number of carbonyl (C=O) groups is 1. The van der Waals surface area contributed by atoms with Gasteiger partial charge in [-0.15, -0.1) is 0 Å². The number of aldehydes is 1. The quantitative estimate of drug-likeness (QED) is 0.168. The first-order valence-electron chi connectivity index (χ1n) is 10.1. The molecule has 0 aliphatic heterocycles. The molecule has 0 spiro atoms. The van der Waals surface area contributed by atoms with Crippen LogP contribution in [0.4, 0.5) is 0 Å². The summed E-state index contributed by atoms with van der Waals surface area (Å²) in [5, 5.41) is 20.1. The van der Waals surface area contributed by atoms with Crippen LogP contribution in [0.15, 0.2) is 17.7 Å². The third-order valence-electron chi connectivity index (χ3n) is 7.37. The minimum atomic E-state index is -5.19. The van der Waals surface area contributed by atoms with Crippen LogP contribution in [0.2, 0.25) is 0 Å². The number of carbonyl (C=O) groups excluding carboxylic acids is 1. The number of aromatic hydroxyl groups is 2. The van der Waals surface area contributed by atoms with E-state index in [9.17, 15) is 28.0 Å². The molecule has 166 valence electrons. The van der Waals surface area contributed by atoms with Crippen molar-refractivity contribution < 1.29 is 61.7 Å². The Bertz CT molecular complexity index is 1000. The van der Waals surface area contributed by atoms with Gasteiger partial charge in [0.2, 0.25) is 0 Å². The standard InChI is InChI=1S/C22H30O7S.Na/c1-13-6-7-18-21(2,3)8-5-9-22(18,4)16(13)10-14-11-17(24)19(25)15(12-23)20(14)29-30(26,27)28;/h6,11-12,16,18,24-25H,5,7-10H2,1-4H3,(H,26,27,28);/q;+1/p-1/t16-,18-,22+;/m0./s1. The van der Waals surface area contributed by atoms with Gasteiger partial charge in [0.25, 0.3) is 10.4 Å². The van der Waals surface area contributed by atoms with Crippen LogP contribution in [0, 0.1) is 22.7 Å². The Morgan fingerprint density at radius 2 is 1.90 bits per heavy atom. The molecule has 0 saturated heterocycles. The first-order chi connectivity index (χ1) is 13.8. The van der Waals surface area contributed by atoms with Crippen LogP contribution in [0.5, 0.6) is 17.2 Å². The number of allylic oxidation sites excluding steroid dienone is 2. The van der Waals surface area contributed by atoms with Gasteiger partial charge in [-0.25, -0.2) is 8.42 Å². The smallest absolute Gasteiger partial charge is 0.716 e. The molecule has 1 saturated carbocycles. The van der Waals surface area contributed by atoms with Crippen LogP contribution >= 0.6 is 0 Å². The molecular weight excluding hydrogens is 431 g/mol. The van der Waals surface area contributed by atoms with Crippen molar-refractivity contribution in [3.05, 3.63) is 28.8 Å². The van der Waals surface area contributed by atoms with E-state index in [0.717, 1.165) is 31.3 Å². The summed E-state index contributed by atoms with van der Waals surface area (Å²) in [6.45, 7) is 8.82. The van der Waals surface area contributed by atoms with Crippen LogP contribution in [-0.2, 0) is 16.8 Å². The fourth-order valence-electron chi connectivity index (χ4n) is 5.93. The van der Waals surface area contributed by atoms with E-state index in [2.05, 4.69) is 31.0 Å². The molecule has 2 aliphatic rings. The van der Waals surface area contributed by atoms with E-state index in [4.69, 9.17) is 0 Å². The number of phenols is 2. The average Bonchev–Trinajstić information content (AvgIpc) is 2.60. The molecule has 0 unspecified atom stereocenters. The maximum absolute atomic E-state index is 11.5. The topological polar surface area (TPSA) is 124 Å². The van der Waals surface area contributed by atoms with Crippen LogP contribution in [0.25, 0.3) is 0 Å². The molecule has 9 heteroatoms. The summed E-state index contributed by atoms with van der Waals surface area (Å²) in [6.07, 6.45) is 6.81. The Morgan fingerprint density at radius 3 is 2.48 bits per heavy atom.